The van der Waals surface area contributed by atoms with E-state index in [1.54, 1.807) is 18.3 Å². The second kappa shape index (κ2) is 5.90. The number of aliphatic carboxylic acids is 1. The molecule has 1 aliphatic carbocycles. The number of nitrogens with zero attached hydrogens (tertiary/aromatic N) is 2. The molecule has 1 aromatic rings. The van der Waals surface area contributed by atoms with Gasteiger partial charge in [-0.2, -0.15) is 0 Å². The van der Waals surface area contributed by atoms with Crippen molar-refractivity contribution in [2.75, 3.05) is 24.3 Å². The zero-order chi connectivity index (χ0) is 14.7. The lowest BCUT2D eigenvalue weighted by molar-refractivity contribution is -0.145. The summed E-state index contributed by atoms with van der Waals surface area (Å²) < 4.78 is 0. The fourth-order valence-corrected chi connectivity index (χ4v) is 2.53. The van der Waals surface area contributed by atoms with Crippen molar-refractivity contribution in [1.29, 1.82) is 0 Å². The lowest BCUT2D eigenvalue weighted by Gasteiger charge is -2.16. The minimum atomic E-state index is -0.885. The number of anilines is 2. The molecule has 1 aliphatic rings. The summed E-state index contributed by atoms with van der Waals surface area (Å²) in [4.78, 5) is 29.3. The van der Waals surface area contributed by atoms with E-state index in [0.29, 0.717) is 18.5 Å². The number of carbonyl (C=O) groups is 2. The molecule has 1 aromatic heterocycles. The van der Waals surface area contributed by atoms with Crippen LogP contribution in [-0.4, -0.2) is 36.1 Å². The highest BCUT2D eigenvalue weighted by Crippen LogP contribution is 2.32. The van der Waals surface area contributed by atoms with Crippen molar-refractivity contribution in [3.63, 3.8) is 0 Å². The Bertz CT molecular complexity index is 499. The average molecular weight is 277 g/mol. The summed E-state index contributed by atoms with van der Waals surface area (Å²) in [6.45, 7) is 0. The van der Waals surface area contributed by atoms with E-state index in [9.17, 15) is 9.59 Å². The zero-order valence-electron chi connectivity index (χ0n) is 11.7. The lowest BCUT2D eigenvalue weighted by atomic mass is 9.95. The first-order valence-electron chi connectivity index (χ1n) is 6.66. The van der Waals surface area contributed by atoms with Crippen LogP contribution >= 0.6 is 0 Å². The van der Waals surface area contributed by atoms with E-state index < -0.39 is 17.8 Å². The molecule has 0 unspecified atom stereocenters. The van der Waals surface area contributed by atoms with Gasteiger partial charge >= 0.3 is 5.97 Å². The minimum absolute atomic E-state index is 0.227. The Labute approximate surface area is 117 Å². The molecular formula is C14H19N3O3. The molecule has 0 spiro atoms. The topological polar surface area (TPSA) is 82.5 Å². The third-order valence-corrected chi connectivity index (χ3v) is 3.64. The maximum Gasteiger partial charge on any atom is 0.307 e. The number of hydrogen-bond donors (Lipinski definition) is 2. The van der Waals surface area contributed by atoms with Gasteiger partial charge in [-0.05, 0) is 25.0 Å². The number of carbonyl (C=O) groups excluding carboxylic acids is 1. The van der Waals surface area contributed by atoms with Gasteiger partial charge in [-0.3, -0.25) is 9.59 Å². The first-order valence-corrected chi connectivity index (χ1v) is 6.66. The Balaban J connectivity index is 2.02. The van der Waals surface area contributed by atoms with Crippen molar-refractivity contribution in [2.45, 2.75) is 19.3 Å². The summed E-state index contributed by atoms with van der Waals surface area (Å²) in [5, 5.41) is 11.8. The first-order chi connectivity index (χ1) is 9.49. The lowest BCUT2D eigenvalue weighted by Crippen LogP contribution is -2.30. The molecule has 2 atom stereocenters. The van der Waals surface area contributed by atoms with Crippen LogP contribution in [0.4, 0.5) is 11.5 Å². The van der Waals surface area contributed by atoms with Crippen LogP contribution in [0.25, 0.3) is 0 Å². The molecule has 1 saturated carbocycles. The summed E-state index contributed by atoms with van der Waals surface area (Å²) in [5.41, 5.74) is 0.594. The molecule has 1 amide bonds. The van der Waals surface area contributed by atoms with Crippen LogP contribution in [0.3, 0.4) is 0 Å². The minimum Gasteiger partial charge on any atom is -0.481 e. The fraction of sp³-hybridized carbons (Fsp3) is 0.500. The van der Waals surface area contributed by atoms with E-state index >= 15 is 0 Å². The molecule has 2 N–H and O–H groups in total. The SMILES string of the molecule is CN(C)c1ccc(NC(=O)[C@@H]2CCC[C@@H]2C(=O)O)cn1. The van der Waals surface area contributed by atoms with Gasteiger partial charge in [0.15, 0.2) is 0 Å². The van der Waals surface area contributed by atoms with Gasteiger partial charge in [-0.25, -0.2) is 4.98 Å². The van der Waals surface area contributed by atoms with Crippen LogP contribution in [0.2, 0.25) is 0 Å². The van der Waals surface area contributed by atoms with Gasteiger partial charge in [0.1, 0.15) is 5.82 Å². The van der Waals surface area contributed by atoms with Gasteiger partial charge in [0.05, 0.1) is 23.7 Å². The average Bonchev–Trinajstić information content (AvgIpc) is 2.88. The molecule has 0 aliphatic heterocycles. The smallest absolute Gasteiger partial charge is 0.307 e. The molecule has 1 fully saturated rings. The monoisotopic (exact) mass is 277 g/mol. The number of hydrogen-bond acceptors (Lipinski definition) is 4. The highest BCUT2D eigenvalue weighted by Gasteiger charge is 2.37. The molecule has 2 rings (SSSR count). The molecule has 6 nitrogen and oxygen atoms in total. The van der Waals surface area contributed by atoms with E-state index in [-0.39, 0.29) is 5.91 Å². The van der Waals surface area contributed by atoms with Crippen LogP contribution in [0.5, 0.6) is 0 Å². The Morgan fingerprint density at radius 3 is 2.55 bits per heavy atom. The summed E-state index contributed by atoms with van der Waals surface area (Å²) in [6, 6.07) is 3.57. The molecule has 20 heavy (non-hydrogen) atoms. The quantitative estimate of drug-likeness (QED) is 0.873. The number of nitrogens with one attached hydrogen (secondary N) is 1. The van der Waals surface area contributed by atoms with Crippen LogP contribution in [0, 0.1) is 11.8 Å². The Morgan fingerprint density at radius 1 is 1.30 bits per heavy atom. The normalized spacial score (nSPS) is 21.5. The molecule has 108 valence electrons. The van der Waals surface area contributed by atoms with Crippen molar-refractivity contribution in [3.05, 3.63) is 18.3 Å². The first kappa shape index (κ1) is 14.3. The number of carboxylic acid groups (broad SMARTS) is 1. The number of aromatic nitrogens is 1. The van der Waals surface area contributed by atoms with E-state index in [2.05, 4.69) is 10.3 Å². The van der Waals surface area contributed by atoms with Crippen LogP contribution in [0.15, 0.2) is 18.3 Å². The second-order valence-corrected chi connectivity index (χ2v) is 5.27. The fourth-order valence-electron chi connectivity index (χ4n) is 2.53. The third kappa shape index (κ3) is 3.07. The van der Waals surface area contributed by atoms with Crippen molar-refractivity contribution < 1.29 is 14.7 Å². The maximum absolute atomic E-state index is 12.1. The van der Waals surface area contributed by atoms with Crippen molar-refractivity contribution >= 4 is 23.4 Å². The molecular weight excluding hydrogens is 258 g/mol. The van der Waals surface area contributed by atoms with Crippen molar-refractivity contribution in [3.8, 4) is 0 Å². The maximum atomic E-state index is 12.1. The van der Waals surface area contributed by atoms with E-state index in [1.807, 2.05) is 19.0 Å². The summed E-state index contributed by atoms with van der Waals surface area (Å²) in [5.74, 6) is -1.32. The van der Waals surface area contributed by atoms with Crippen LogP contribution < -0.4 is 10.2 Å². The summed E-state index contributed by atoms with van der Waals surface area (Å²) in [6.07, 6.45) is 3.57. The molecule has 0 aromatic carbocycles. The highest BCUT2D eigenvalue weighted by molar-refractivity contribution is 5.95. The van der Waals surface area contributed by atoms with Crippen molar-refractivity contribution in [1.82, 2.24) is 4.98 Å². The summed E-state index contributed by atoms with van der Waals surface area (Å²) >= 11 is 0. The number of pyridine rings is 1. The van der Waals surface area contributed by atoms with Gasteiger partial charge in [-0.15, -0.1) is 0 Å². The van der Waals surface area contributed by atoms with E-state index in [1.165, 1.54) is 0 Å². The van der Waals surface area contributed by atoms with Crippen LogP contribution in [0.1, 0.15) is 19.3 Å². The number of amides is 1. The largest absolute Gasteiger partial charge is 0.481 e. The number of carboxylic acids is 1. The third-order valence-electron chi connectivity index (χ3n) is 3.64. The standard InChI is InChI=1S/C14H19N3O3/c1-17(2)12-7-6-9(8-15-12)16-13(18)10-4-3-5-11(10)14(19)20/h6-8,10-11H,3-5H2,1-2H3,(H,16,18)(H,19,20)/t10-,11+/m1/s1. The molecule has 0 saturated heterocycles. The molecule has 6 heteroatoms. The molecule has 0 radical (unpaired) electrons. The Morgan fingerprint density at radius 2 is 2.00 bits per heavy atom. The molecule has 1 heterocycles. The zero-order valence-corrected chi connectivity index (χ0v) is 11.7. The van der Waals surface area contributed by atoms with Crippen LogP contribution in [-0.2, 0) is 9.59 Å². The number of rotatable bonds is 4. The van der Waals surface area contributed by atoms with Gasteiger partial charge < -0.3 is 15.3 Å². The van der Waals surface area contributed by atoms with E-state index in [0.717, 1.165) is 12.2 Å². The predicted molar refractivity (Wildman–Crippen MR) is 75.7 cm³/mol. The Hall–Kier alpha value is -2.11. The van der Waals surface area contributed by atoms with Gasteiger partial charge in [-0.1, -0.05) is 6.42 Å². The predicted octanol–water partition coefficient (Wildman–Crippen LogP) is 1.59. The molecule has 0 bridgehead atoms. The Kier molecular flexibility index (Phi) is 4.22. The van der Waals surface area contributed by atoms with Gasteiger partial charge in [0.25, 0.3) is 0 Å². The van der Waals surface area contributed by atoms with E-state index in [4.69, 9.17) is 5.11 Å². The van der Waals surface area contributed by atoms with Gasteiger partial charge in [0, 0.05) is 14.1 Å². The van der Waals surface area contributed by atoms with Crippen molar-refractivity contribution in [2.24, 2.45) is 11.8 Å². The van der Waals surface area contributed by atoms with Gasteiger partial charge in [0.2, 0.25) is 5.91 Å². The summed E-state index contributed by atoms with van der Waals surface area (Å²) in [7, 11) is 3.77. The highest BCUT2D eigenvalue weighted by atomic mass is 16.4. The second-order valence-electron chi connectivity index (χ2n) is 5.27.